The van der Waals surface area contributed by atoms with Gasteiger partial charge in [0.2, 0.25) is 5.13 Å². The number of anilines is 1. The minimum Gasteiger partial charge on any atom is -0.494 e. The Bertz CT molecular complexity index is 1100. The van der Waals surface area contributed by atoms with Crippen molar-refractivity contribution in [2.24, 2.45) is 5.92 Å². The number of amides is 1. The summed E-state index contributed by atoms with van der Waals surface area (Å²) in [5, 5.41) is 21.4. The third-order valence-electron chi connectivity index (χ3n) is 5.14. The van der Waals surface area contributed by atoms with E-state index >= 15 is 0 Å². The highest BCUT2D eigenvalue weighted by Crippen LogP contribution is 2.34. The van der Waals surface area contributed by atoms with Gasteiger partial charge in [-0.1, -0.05) is 61.3 Å². The number of halogens is 1. The van der Waals surface area contributed by atoms with E-state index in [2.05, 4.69) is 40.9 Å². The van der Waals surface area contributed by atoms with Gasteiger partial charge in [-0.15, -0.1) is 5.10 Å². The summed E-state index contributed by atoms with van der Waals surface area (Å²) < 4.78 is 11.1. The van der Waals surface area contributed by atoms with Crippen molar-refractivity contribution in [3.05, 3.63) is 52.9 Å². The van der Waals surface area contributed by atoms with Gasteiger partial charge in [0.05, 0.1) is 26.0 Å². The number of hydrogen-bond acceptors (Lipinski definition) is 8. The molecule has 1 saturated carbocycles. The molecule has 0 spiro atoms. The monoisotopic (exact) mass is 534 g/mol. The molecule has 2 N–H and O–H groups in total. The maximum absolute atomic E-state index is 13.2. The largest absolute Gasteiger partial charge is 0.494 e. The quantitative estimate of drug-likeness (QED) is 0.227. The smallest absolute Gasteiger partial charge is 0.295 e. The average Bonchev–Trinajstić information content (AvgIpc) is 3.46. The first-order valence-corrected chi connectivity index (χ1v) is 13.1. The Hall–Kier alpha value is -2.75. The minimum absolute atomic E-state index is 0.252. The summed E-state index contributed by atoms with van der Waals surface area (Å²) in [6.45, 7) is 12.3. The first-order valence-electron chi connectivity index (χ1n) is 11.9. The molecule has 36 heavy (non-hydrogen) atoms. The average molecular weight is 535 g/mol. The lowest BCUT2D eigenvalue weighted by atomic mass is 9.95. The normalized spacial score (nSPS) is 17.8. The molecule has 3 rings (SSSR count). The Labute approximate surface area is 222 Å². The molecule has 1 aliphatic rings. The van der Waals surface area contributed by atoms with Crippen molar-refractivity contribution in [3.63, 3.8) is 0 Å². The molecule has 2 aromatic heterocycles. The van der Waals surface area contributed by atoms with E-state index in [1.54, 1.807) is 25.1 Å². The first kappa shape index (κ1) is 29.5. The van der Waals surface area contributed by atoms with Crippen molar-refractivity contribution in [2.45, 2.75) is 59.5 Å². The van der Waals surface area contributed by atoms with Gasteiger partial charge < -0.3 is 14.6 Å². The van der Waals surface area contributed by atoms with Gasteiger partial charge in [0.15, 0.2) is 0 Å². The molecule has 8 nitrogen and oxygen atoms in total. The molecule has 0 bridgehead atoms. The van der Waals surface area contributed by atoms with Crippen LogP contribution in [-0.2, 0) is 4.79 Å². The number of aliphatic hydroxyl groups excluding tert-OH is 1. The molecule has 0 aromatic carbocycles. The fraction of sp³-hybridized carbons (Fsp3) is 0.462. The van der Waals surface area contributed by atoms with Crippen molar-refractivity contribution in [2.75, 3.05) is 19.0 Å². The van der Waals surface area contributed by atoms with E-state index in [4.69, 9.17) is 21.1 Å². The molecule has 10 heteroatoms. The van der Waals surface area contributed by atoms with Crippen LogP contribution in [0, 0.1) is 5.92 Å². The third kappa shape index (κ3) is 8.72. The zero-order valence-electron chi connectivity index (χ0n) is 21.5. The highest BCUT2D eigenvalue weighted by Gasteiger charge is 2.24. The number of hydrogen-bond donors (Lipinski definition) is 2. The maximum atomic E-state index is 13.2. The lowest BCUT2D eigenvalue weighted by molar-refractivity contribution is -0.112. The number of ether oxygens (including phenoxy) is 2. The lowest BCUT2D eigenvalue weighted by Crippen LogP contribution is -2.16. The standard InChI is InChI=1S/C23H27ClN4O4S.C3H8/c1-5-16(17(8-13(2)3)18-10-20(24)25-11-19(18)31-4)21(30)26-22-27-28-23(33-22)32-12-14-6-7-15(29)9-14;1-3-2/h5,8,10-11,14-15,29H,2,6-7,9,12H2,1,3-4H3,(H,26,27,30);3H2,1-2H3/b16-5+,17-8+;. The summed E-state index contributed by atoms with van der Waals surface area (Å²) in [5.74, 6) is 0.401. The molecule has 2 unspecified atom stereocenters. The Morgan fingerprint density at radius 3 is 2.67 bits per heavy atom. The van der Waals surface area contributed by atoms with Crippen molar-refractivity contribution >= 4 is 39.5 Å². The molecule has 196 valence electrons. The summed E-state index contributed by atoms with van der Waals surface area (Å²) in [4.78, 5) is 17.2. The zero-order chi connectivity index (χ0) is 26.7. The van der Waals surface area contributed by atoms with Crippen LogP contribution in [0.4, 0.5) is 5.13 Å². The lowest BCUT2D eigenvalue weighted by Gasteiger charge is -2.15. The van der Waals surface area contributed by atoms with Crippen LogP contribution in [0.5, 0.6) is 10.9 Å². The van der Waals surface area contributed by atoms with Crippen LogP contribution in [0.1, 0.15) is 58.9 Å². The van der Waals surface area contributed by atoms with Crippen LogP contribution in [0.15, 0.2) is 42.1 Å². The molecule has 0 saturated heterocycles. The number of aromatic nitrogens is 3. The number of methoxy groups -OCH3 is 1. The van der Waals surface area contributed by atoms with Crippen LogP contribution >= 0.6 is 22.9 Å². The molecule has 2 heterocycles. The molecular weight excluding hydrogens is 500 g/mol. The molecular formula is C26H35ClN4O4S. The zero-order valence-corrected chi connectivity index (χ0v) is 23.1. The number of allylic oxidation sites excluding steroid dienone is 3. The predicted molar refractivity (Wildman–Crippen MR) is 146 cm³/mol. The van der Waals surface area contributed by atoms with Crippen LogP contribution in [0.2, 0.25) is 5.15 Å². The second kappa shape index (κ2) is 14.7. The SMILES string of the molecule is C=C(C)/C=C(\C(=C/C)C(=O)Nc1nnc(OCC2CCC(O)C2)s1)c1cc(Cl)ncc1OC.CCC. The van der Waals surface area contributed by atoms with Gasteiger partial charge in [0, 0.05) is 11.1 Å². The summed E-state index contributed by atoms with van der Waals surface area (Å²) in [7, 11) is 1.53. The van der Waals surface area contributed by atoms with Crippen LogP contribution in [0.3, 0.4) is 0 Å². The van der Waals surface area contributed by atoms with Gasteiger partial charge >= 0.3 is 0 Å². The Kier molecular flexibility index (Phi) is 12.1. The second-order valence-electron chi connectivity index (χ2n) is 8.49. The molecule has 0 aliphatic heterocycles. The number of carbonyl (C=O) groups is 1. The van der Waals surface area contributed by atoms with Crippen LogP contribution < -0.4 is 14.8 Å². The van der Waals surface area contributed by atoms with E-state index in [1.807, 2.05) is 6.92 Å². The summed E-state index contributed by atoms with van der Waals surface area (Å²) in [5.41, 5.74) is 2.33. The van der Waals surface area contributed by atoms with Crippen LogP contribution in [-0.4, -0.2) is 46.0 Å². The molecule has 1 fully saturated rings. The molecule has 0 radical (unpaired) electrons. The van der Waals surface area contributed by atoms with Crippen molar-refractivity contribution < 1.29 is 19.4 Å². The van der Waals surface area contributed by atoms with Crippen molar-refractivity contribution in [1.29, 1.82) is 0 Å². The Morgan fingerprint density at radius 1 is 1.36 bits per heavy atom. The van der Waals surface area contributed by atoms with Gasteiger partial charge in [-0.3, -0.25) is 10.1 Å². The number of carbonyl (C=O) groups excluding carboxylic acids is 1. The summed E-state index contributed by atoms with van der Waals surface area (Å²) in [6, 6.07) is 1.64. The van der Waals surface area contributed by atoms with Gasteiger partial charge in [-0.2, -0.15) is 0 Å². The maximum Gasteiger partial charge on any atom is 0.295 e. The van der Waals surface area contributed by atoms with E-state index in [1.165, 1.54) is 19.7 Å². The van der Waals surface area contributed by atoms with E-state index in [9.17, 15) is 9.90 Å². The molecule has 1 amide bonds. The first-order chi connectivity index (χ1) is 17.2. The van der Waals surface area contributed by atoms with Gasteiger partial charge in [0.1, 0.15) is 10.9 Å². The molecule has 1 aliphatic carbocycles. The van der Waals surface area contributed by atoms with Crippen molar-refractivity contribution in [1.82, 2.24) is 15.2 Å². The number of aliphatic hydroxyl groups is 1. The van der Waals surface area contributed by atoms with Gasteiger partial charge in [-0.05, 0) is 62.0 Å². The van der Waals surface area contributed by atoms with Gasteiger partial charge in [-0.25, -0.2) is 4.98 Å². The van der Waals surface area contributed by atoms with E-state index in [0.717, 1.165) is 36.2 Å². The Balaban J connectivity index is 0.00000145. The highest BCUT2D eigenvalue weighted by atomic mass is 35.5. The van der Waals surface area contributed by atoms with E-state index in [-0.39, 0.29) is 17.2 Å². The second-order valence-corrected chi connectivity index (χ2v) is 9.82. The minimum atomic E-state index is -0.374. The number of nitrogens with one attached hydrogen (secondary N) is 1. The van der Waals surface area contributed by atoms with Gasteiger partial charge in [0.25, 0.3) is 11.1 Å². The predicted octanol–water partition coefficient (Wildman–Crippen LogP) is 6.10. The number of pyridine rings is 1. The number of rotatable bonds is 9. The third-order valence-corrected chi connectivity index (χ3v) is 6.10. The summed E-state index contributed by atoms with van der Waals surface area (Å²) >= 11 is 7.26. The number of nitrogens with zero attached hydrogens (tertiary/aromatic N) is 3. The highest BCUT2D eigenvalue weighted by molar-refractivity contribution is 7.17. The van der Waals surface area contributed by atoms with E-state index < -0.39 is 0 Å². The Morgan fingerprint density at radius 2 is 2.08 bits per heavy atom. The van der Waals surface area contributed by atoms with Crippen molar-refractivity contribution in [3.8, 4) is 10.9 Å². The van der Waals surface area contributed by atoms with E-state index in [0.29, 0.717) is 45.3 Å². The fourth-order valence-electron chi connectivity index (χ4n) is 3.62. The summed E-state index contributed by atoms with van der Waals surface area (Å²) in [6.07, 6.45) is 8.44. The topological polar surface area (TPSA) is 106 Å². The molecule has 2 aromatic rings. The van der Waals surface area contributed by atoms with Crippen LogP contribution in [0.25, 0.3) is 5.57 Å². The fourth-order valence-corrected chi connectivity index (χ4v) is 4.38. The molecule has 2 atom stereocenters.